The van der Waals surface area contributed by atoms with Crippen LogP contribution in [0.5, 0.6) is 0 Å². The highest BCUT2D eigenvalue weighted by Gasteiger charge is 2.17. The Bertz CT molecular complexity index is 3620. The van der Waals surface area contributed by atoms with E-state index < -0.39 is 0 Å². The predicted octanol–water partition coefficient (Wildman–Crippen LogP) is 22.5. The van der Waals surface area contributed by atoms with Gasteiger partial charge in [0.2, 0.25) is 0 Å². The van der Waals surface area contributed by atoms with E-state index in [2.05, 4.69) is 365 Å². The molecule has 10 aromatic carbocycles. The lowest BCUT2D eigenvalue weighted by atomic mass is 10.0. The molecule has 0 unspecified atom stereocenters. The summed E-state index contributed by atoms with van der Waals surface area (Å²) in [4.78, 5) is 4.67. The molecule has 10 aromatic rings. The number of anilines is 6. The van der Waals surface area contributed by atoms with E-state index in [1.54, 1.807) is 0 Å². The van der Waals surface area contributed by atoms with E-state index in [-0.39, 0.29) is 0 Å². The topological polar surface area (TPSA) is 6.48 Å². The number of aryl methyl sites for hydroxylation is 3. The molecule has 0 saturated carbocycles. The predicted molar refractivity (Wildman–Crippen MR) is 359 cm³/mol. The molecule has 0 aliphatic rings. The van der Waals surface area contributed by atoms with E-state index in [9.17, 15) is 0 Å². The van der Waals surface area contributed by atoms with E-state index in [1.165, 1.54) is 55.9 Å². The van der Waals surface area contributed by atoms with Gasteiger partial charge in [0.15, 0.2) is 0 Å². The third-order valence-corrected chi connectivity index (χ3v) is 14.0. The lowest BCUT2D eigenvalue weighted by Crippen LogP contribution is -2.11. The van der Waals surface area contributed by atoms with Crippen molar-refractivity contribution in [2.75, 3.05) is 9.80 Å². The van der Waals surface area contributed by atoms with Gasteiger partial charge in [0, 0.05) is 34.1 Å². The van der Waals surface area contributed by atoms with Gasteiger partial charge in [-0.1, -0.05) is 297 Å². The molecule has 0 fully saturated rings. The molecule has 0 spiro atoms. The van der Waals surface area contributed by atoms with Crippen molar-refractivity contribution in [2.24, 2.45) is 0 Å². The molecule has 0 heterocycles. The average Bonchev–Trinajstić information content (AvgIpc) is 3.72. The first kappa shape index (κ1) is 56.4. The van der Waals surface area contributed by atoms with Crippen LogP contribution in [-0.2, 0) is 0 Å². The molecule has 0 aromatic heterocycles. The van der Waals surface area contributed by atoms with E-state index in [1.807, 2.05) is 24.3 Å². The van der Waals surface area contributed by atoms with Crippen molar-refractivity contribution in [2.45, 2.75) is 27.7 Å². The molecule has 0 aliphatic heterocycles. The summed E-state index contributed by atoms with van der Waals surface area (Å²) in [5.41, 5.74) is 21.4. The Morgan fingerprint density at radius 2 is 0.488 bits per heavy atom. The minimum Gasteiger partial charge on any atom is -0.310 e. The molecule has 2 nitrogen and oxygen atoms in total. The summed E-state index contributed by atoms with van der Waals surface area (Å²) in [7, 11) is 0. The summed E-state index contributed by atoms with van der Waals surface area (Å²) in [6.07, 6.45) is 33.7. The highest BCUT2D eigenvalue weighted by Crippen LogP contribution is 2.39. The van der Waals surface area contributed by atoms with Crippen LogP contribution >= 0.6 is 0 Å². The molecule has 0 N–H and O–H groups in total. The second-order valence-electron chi connectivity index (χ2n) is 20.1. The van der Waals surface area contributed by atoms with Crippen molar-refractivity contribution in [3.8, 4) is 0 Å². The summed E-state index contributed by atoms with van der Waals surface area (Å²) >= 11 is 0. The third kappa shape index (κ3) is 16.6. The summed E-state index contributed by atoms with van der Waals surface area (Å²) in [5, 5.41) is 0. The van der Waals surface area contributed by atoms with Crippen molar-refractivity contribution in [3.63, 3.8) is 0 Å². The highest BCUT2D eigenvalue weighted by molar-refractivity contribution is 5.81. The van der Waals surface area contributed by atoms with Gasteiger partial charge in [-0.15, -0.1) is 0 Å². The Morgan fingerprint density at radius 1 is 0.220 bits per heavy atom. The first-order valence-corrected chi connectivity index (χ1v) is 28.1. The minimum absolute atomic E-state index is 1.13. The van der Waals surface area contributed by atoms with Gasteiger partial charge in [-0.3, -0.25) is 0 Å². The van der Waals surface area contributed by atoms with Crippen LogP contribution in [0.15, 0.2) is 303 Å². The lowest BCUT2D eigenvalue weighted by Gasteiger charge is -2.28. The van der Waals surface area contributed by atoms with Crippen LogP contribution in [0.1, 0.15) is 66.8 Å². The molecular weight excluding hydrogens is 989 g/mol. The van der Waals surface area contributed by atoms with Crippen LogP contribution in [0.4, 0.5) is 34.1 Å². The lowest BCUT2D eigenvalue weighted by molar-refractivity contribution is 1.22. The van der Waals surface area contributed by atoms with Gasteiger partial charge in [-0.25, -0.2) is 0 Å². The van der Waals surface area contributed by atoms with Crippen LogP contribution in [0, 0.1) is 27.7 Å². The number of nitrogens with zero attached hydrogens (tertiary/aromatic N) is 2. The quantitative estimate of drug-likeness (QED) is 0.0790. The van der Waals surface area contributed by atoms with Gasteiger partial charge in [0.1, 0.15) is 0 Å². The van der Waals surface area contributed by atoms with E-state index in [0.717, 1.165) is 45.0 Å². The standard InChI is InChI=1S/2C40H35N/c1-32-14-13-23-40(33(32)2)41(38-28-24-36(25-29-38)21-11-9-19-34-15-5-3-6-16-34)39-30-26-37(27-31-39)22-12-10-20-35-17-7-4-8-18-35;1-32-21-30-40(33(2)31-32)41(38-26-22-36(23-27-38)19-11-9-17-34-13-5-3-6-14-34)39-28-24-37(25-29-39)20-12-10-18-35-15-7-4-8-16-35/h2*3-31H,1-2H3/b19-9+,20-10+,21-11+,22-12+;17-9+,18-10+,19-11+,20-12+. The maximum Gasteiger partial charge on any atom is 0.0493 e. The van der Waals surface area contributed by atoms with Gasteiger partial charge in [-0.2, -0.15) is 0 Å². The number of allylic oxidation sites excluding steroid dienone is 8. The van der Waals surface area contributed by atoms with Crippen molar-refractivity contribution in [1.82, 2.24) is 0 Å². The summed E-state index contributed by atoms with van der Waals surface area (Å²) in [5.74, 6) is 0. The molecule has 400 valence electrons. The normalized spacial score (nSPS) is 11.8. The smallest absolute Gasteiger partial charge is 0.0493 e. The SMILES string of the molecule is Cc1ccc(N(c2ccc(/C=C/C=C/c3ccccc3)cc2)c2ccc(/C=C/C=C/c3ccccc3)cc2)c(C)c1.Cc1cccc(N(c2ccc(/C=C/C=C/c3ccccc3)cc2)c2ccc(/C=C/C=C/c3ccccc3)cc2)c1C. The summed E-state index contributed by atoms with van der Waals surface area (Å²) < 4.78 is 0. The number of benzene rings is 10. The Balaban J connectivity index is 0.000000198. The number of hydrogen-bond acceptors (Lipinski definition) is 2. The molecule has 0 amide bonds. The minimum atomic E-state index is 1.13. The van der Waals surface area contributed by atoms with Crippen LogP contribution in [0.2, 0.25) is 0 Å². The molecule has 0 radical (unpaired) electrons. The van der Waals surface area contributed by atoms with E-state index in [4.69, 9.17) is 0 Å². The van der Waals surface area contributed by atoms with Gasteiger partial charge >= 0.3 is 0 Å². The van der Waals surface area contributed by atoms with E-state index >= 15 is 0 Å². The van der Waals surface area contributed by atoms with E-state index in [0.29, 0.717) is 0 Å². The maximum absolute atomic E-state index is 2.34. The fourth-order valence-corrected chi connectivity index (χ4v) is 9.42. The molecule has 0 atom stereocenters. The molecule has 0 bridgehead atoms. The van der Waals surface area contributed by atoms with Crippen LogP contribution in [0.3, 0.4) is 0 Å². The van der Waals surface area contributed by atoms with Crippen molar-refractivity contribution in [1.29, 1.82) is 0 Å². The molecule has 2 heteroatoms. The van der Waals surface area contributed by atoms with Gasteiger partial charge in [-0.05, 0) is 150 Å². The first-order chi connectivity index (χ1) is 40.3. The maximum atomic E-state index is 2.34. The van der Waals surface area contributed by atoms with Crippen molar-refractivity contribution < 1.29 is 0 Å². The monoisotopic (exact) mass is 1060 g/mol. The molecule has 82 heavy (non-hydrogen) atoms. The molecule has 10 rings (SSSR count). The highest BCUT2D eigenvalue weighted by atomic mass is 15.1. The van der Waals surface area contributed by atoms with Crippen molar-refractivity contribution >= 4 is 82.7 Å². The Hall–Kier alpha value is -10.3. The zero-order valence-corrected chi connectivity index (χ0v) is 47.4. The third-order valence-electron chi connectivity index (χ3n) is 14.0. The first-order valence-electron chi connectivity index (χ1n) is 28.1. The van der Waals surface area contributed by atoms with Crippen LogP contribution in [0.25, 0.3) is 48.6 Å². The van der Waals surface area contributed by atoms with Crippen LogP contribution < -0.4 is 9.80 Å². The zero-order valence-electron chi connectivity index (χ0n) is 47.4. The number of rotatable bonds is 18. The van der Waals surface area contributed by atoms with Gasteiger partial charge in [0.25, 0.3) is 0 Å². The fraction of sp³-hybridized carbons (Fsp3) is 0.0500. The average molecular weight is 1060 g/mol. The zero-order chi connectivity index (χ0) is 56.6. The van der Waals surface area contributed by atoms with Gasteiger partial charge in [0.05, 0.1) is 0 Å². The largest absolute Gasteiger partial charge is 0.310 e. The van der Waals surface area contributed by atoms with Gasteiger partial charge < -0.3 is 9.80 Å². The van der Waals surface area contributed by atoms with Crippen molar-refractivity contribution in [3.05, 3.63) is 370 Å². The Labute approximate surface area is 487 Å². The second kappa shape index (κ2) is 29.6. The number of hydrogen-bond donors (Lipinski definition) is 0. The van der Waals surface area contributed by atoms with Crippen LogP contribution in [-0.4, -0.2) is 0 Å². The Morgan fingerprint density at radius 3 is 0.768 bits per heavy atom. The molecule has 0 saturated heterocycles. The summed E-state index contributed by atoms with van der Waals surface area (Å²) in [6.45, 7) is 8.69. The second-order valence-corrected chi connectivity index (χ2v) is 20.1. The Kier molecular flexibility index (Phi) is 20.4. The molecular formula is C80H70N2. The fourth-order valence-electron chi connectivity index (χ4n) is 9.42. The summed E-state index contributed by atoms with van der Waals surface area (Å²) in [6, 6.07) is 89.6. The molecule has 0 aliphatic carbocycles.